The smallest absolute Gasteiger partial charge is 0.139 e. The van der Waals surface area contributed by atoms with Crippen LogP contribution in [0.1, 0.15) is 18.2 Å². The summed E-state index contributed by atoms with van der Waals surface area (Å²) in [5.74, 6) is 0.807. The van der Waals surface area contributed by atoms with E-state index in [1.54, 1.807) is 13.1 Å². The minimum absolute atomic E-state index is 0.386. The van der Waals surface area contributed by atoms with Crippen molar-refractivity contribution in [1.29, 1.82) is 0 Å². The van der Waals surface area contributed by atoms with Crippen LogP contribution in [-0.2, 0) is 6.54 Å². The number of hydrogen-bond acceptors (Lipinski definition) is 4. The van der Waals surface area contributed by atoms with Crippen molar-refractivity contribution in [3.8, 4) is 0 Å². The second-order valence-electron chi connectivity index (χ2n) is 5.62. The molecule has 114 valence electrons. The minimum Gasteiger partial charge on any atom is -0.392 e. The number of nitrogens with one attached hydrogen (secondary N) is 1. The van der Waals surface area contributed by atoms with E-state index in [1.807, 2.05) is 42.1 Å². The van der Waals surface area contributed by atoms with Crippen LogP contribution in [0.5, 0.6) is 0 Å². The summed E-state index contributed by atoms with van der Waals surface area (Å²) in [6.45, 7) is 6.39. The maximum absolute atomic E-state index is 9.60. The predicted octanol–water partition coefficient (Wildman–Crippen LogP) is 3.17. The summed E-state index contributed by atoms with van der Waals surface area (Å²) in [6, 6.07) is 5.97. The zero-order valence-electron chi connectivity index (χ0n) is 13.0. The lowest BCUT2D eigenvalue weighted by Crippen LogP contribution is -2.10. The van der Waals surface area contributed by atoms with Gasteiger partial charge in [0.15, 0.2) is 0 Å². The van der Waals surface area contributed by atoms with E-state index in [1.165, 1.54) is 0 Å². The van der Waals surface area contributed by atoms with Crippen molar-refractivity contribution in [3.05, 3.63) is 48.0 Å². The van der Waals surface area contributed by atoms with Crippen LogP contribution in [0.2, 0.25) is 0 Å². The summed E-state index contributed by atoms with van der Waals surface area (Å²) < 4.78 is 2.04. The molecule has 0 radical (unpaired) electrons. The maximum Gasteiger partial charge on any atom is 0.139 e. The third-order valence-corrected chi connectivity index (χ3v) is 3.75. The second kappa shape index (κ2) is 5.77. The molecule has 0 fully saturated rings. The van der Waals surface area contributed by atoms with Gasteiger partial charge in [0, 0.05) is 30.5 Å². The molecular formula is C17H20N4O. The highest BCUT2D eigenvalue weighted by atomic mass is 16.3. The molecule has 2 N–H and O–H groups in total. The Morgan fingerprint density at radius 3 is 2.68 bits per heavy atom. The van der Waals surface area contributed by atoms with Crippen molar-refractivity contribution in [3.63, 3.8) is 0 Å². The molecule has 0 saturated heterocycles. The average molecular weight is 296 g/mol. The summed E-state index contributed by atoms with van der Waals surface area (Å²) in [7, 11) is 0. The minimum atomic E-state index is -0.386. The Labute approximate surface area is 129 Å². The van der Waals surface area contributed by atoms with Gasteiger partial charge in [-0.3, -0.25) is 4.98 Å². The van der Waals surface area contributed by atoms with Gasteiger partial charge < -0.3 is 15.0 Å². The lowest BCUT2D eigenvalue weighted by Gasteiger charge is -2.12. The molecule has 0 aliphatic rings. The largest absolute Gasteiger partial charge is 0.392 e. The standard InChI is InChI=1S/C17H20N4O/c1-11-4-7-18-13(3)16(11)20-17-14-6-9-21(10-12(2)22)15(14)5-8-19-17/h4-9,12,22H,10H2,1-3H3,(H,19,20). The summed E-state index contributed by atoms with van der Waals surface area (Å²) >= 11 is 0. The van der Waals surface area contributed by atoms with Crippen molar-refractivity contribution in [2.24, 2.45) is 0 Å². The molecule has 3 aromatic rings. The first-order valence-electron chi connectivity index (χ1n) is 7.37. The van der Waals surface area contributed by atoms with Crippen LogP contribution in [0.4, 0.5) is 11.5 Å². The number of anilines is 2. The Morgan fingerprint density at radius 2 is 1.95 bits per heavy atom. The summed E-state index contributed by atoms with van der Waals surface area (Å²) in [5.41, 5.74) is 4.13. The first-order valence-corrected chi connectivity index (χ1v) is 7.37. The van der Waals surface area contributed by atoms with Crippen molar-refractivity contribution in [2.75, 3.05) is 5.32 Å². The molecule has 0 aromatic carbocycles. The zero-order chi connectivity index (χ0) is 15.7. The number of hydrogen-bond donors (Lipinski definition) is 2. The van der Waals surface area contributed by atoms with Gasteiger partial charge in [0.05, 0.1) is 23.0 Å². The monoisotopic (exact) mass is 296 g/mol. The lowest BCUT2D eigenvalue weighted by molar-refractivity contribution is 0.175. The highest BCUT2D eigenvalue weighted by molar-refractivity contribution is 5.92. The van der Waals surface area contributed by atoms with Crippen LogP contribution in [0.25, 0.3) is 10.9 Å². The van der Waals surface area contributed by atoms with Gasteiger partial charge in [-0.1, -0.05) is 0 Å². The fourth-order valence-electron chi connectivity index (χ4n) is 2.67. The number of rotatable bonds is 4. The molecule has 0 amide bonds. The summed E-state index contributed by atoms with van der Waals surface area (Å²) in [4.78, 5) is 8.79. The van der Waals surface area contributed by atoms with E-state index in [-0.39, 0.29) is 6.10 Å². The molecule has 0 bridgehead atoms. The lowest BCUT2D eigenvalue weighted by atomic mass is 10.2. The first-order chi connectivity index (χ1) is 10.6. The average Bonchev–Trinajstić information content (AvgIpc) is 2.86. The van der Waals surface area contributed by atoms with E-state index in [4.69, 9.17) is 0 Å². The predicted molar refractivity (Wildman–Crippen MR) is 88.4 cm³/mol. The van der Waals surface area contributed by atoms with Crippen molar-refractivity contribution < 1.29 is 5.11 Å². The number of aliphatic hydroxyl groups is 1. The molecule has 0 aliphatic carbocycles. The SMILES string of the molecule is Cc1ccnc(C)c1Nc1nccc2c1ccn2CC(C)O. The molecule has 3 rings (SSSR count). The molecular weight excluding hydrogens is 276 g/mol. The van der Waals surface area contributed by atoms with Gasteiger partial charge >= 0.3 is 0 Å². The zero-order valence-corrected chi connectivity index (χ0v) is 13.0. The summed E-state index contributed by atoms with van der Waals surface area (Å²) in [6.07, 6.45) is 5.18. The van der Waals surface area contributed by atoms with Gasteiger partial charge in [0.2, 0.25) is 0 Å². The molecule has 3 aromatic heterocycles. The molecule has 5 heteroatoms. The molecule has 5 nitrogen and oxygen atoms in total. The van der Waals surface area contributed by atoms with Crippen LogP contribution in [0.15, 0.2) is 36.8 Å². The normalized spacial score (nSPS) is 12.5. The molecule has 22 heavy (non-hydrogen) atoms. The van der Waals surface area contributed by atoms with Gasteiger partial charge in [-0.2, -0.15) is 0 Å². The van der Waals surface area contributed by atoms with Crippen molar-refractivity contribution in [2.45, 2.75) is 33.4 Å². The number of aromatic nitrogens is 3. The van der Waals surface area contributed by atoms with E-state index in [2.05, 4.69) is 22.2 Å². The van der Waals surface area contributed by atoms with E-state index < -0.39 is 0 Å². The number of aliphatic hydroxyl groups excluding tert-OH is 1. The highest BCUT2D eigenvalue weighted by Crippen LogP contribution is 2.28. The van der Waals surface area contributed by atoms with Gasteiger partial charge in [-0.15, -0.1) is 0 Å². The molecule has 3 heterocycles. The van der Waals surface area contributed by atoms with Crippen molar-refractivity contribution in [1.82, 2.24) is 14.5 Å². The Morgan fingerprint density at radius 1 is 1.18 bits per heavy atom. The molecule has 0 spiro atoms. The van der Waals surface area contributed by atoms with Crippen LogP contribution < -0.4 is 5.32 Å². The fraction of sp³-hybridized carbons (Fsp3) is 0.294. The number of pyridine rings is 2. The Kier molecular flexibility index (Phi) is 3.81. The fourth-order valence-corrected chi connectivity index (χ4v) is 2.67. The Balaban J connectivity index is 2.03. The van der Waals surface area contributed by atoms with Crippen LogP contribution >= 0.6 is 0 Å². The molecule has 0 saturated carbocycles. The van der Waals surface area contributed by atoms with Gasteiger partial charge in [0.1, 0.15) is 5.82 Å². The molecule has 1 atom stereocenters. The quantitative estimate of drug-likeness (QED) is 0.776. The summed E-state index contributed by atoms with van der Waals surface area (Å²) in [5, 5.41) is 14.0. The number of aryl methyl sites for hydroxylation is 2. The van der Waals surface area contributed by atoms with E-state index >= 15 is 0 Å². The second-order valence-corrected chi connectivity index (χ2v) is 5.62. The van der Waals surface area contributed by atoms with Gasteiger partial charge in [-0.25, -0.2) is 4.98 Å². The topological polar surface area (TPSA) is 63.0 Å². The molecule has 1 unspecified atom stereocenters. The van der Waals surface area contributed by atoms with E-state index in [0.717, 1.165) is 33.7 Å². The van der Waals surface area contributed by atoms with E-state index in [0.29, 0.717) is 6.54 Å². The van der Waals surface area contributed by atoms with Gasteiger partial charge in [-0.05, 0) is 44.5 Å². The van der Waals surface area contributed by atoms with Crippen LogP contribution in [0.3, 0.4) is 0 Å². The highest BCUT2D eigenvalue weighted by Gasteiger charge is 2.10. The van der Waals surface area contributed by atoms with Gasteiger partial charge in [0.25, 0.3) is 0 Å². The number of fused-ring (bicyclic) bond motifs is 1. The first kappa shape index (κ1) is 14.5. The third kappa shape index (κ3) is 2.67. The number of nitrogens with zero attached hydrogens (tertiary/aromatic N) is 3. The third-order valence-electron chi connectivity index (χ3n) is 3.75. The Bertz CT molecular complexity index is 787. The van der Waals surface area contributed by atoms with Crippen molar-refractivity contribution >= 4 is 22.4 Å². The van der Waals surface area contributed by atoms with E-state index in [9.17, 15) is 5.11 Å². The van der Waals surface area contributed by atoms with Crippen LogP contribution in [0, 0.1) is 13.8 Å². The maximum atomic E-state index is 9.60. The molecule has 0 aliphatic heterocycles. The Hall–Kier alpha value is -2.40. The van der Waals surface area contributed by atoms with Crippen LogP contribution in [-0.4, -0.2) is 25.7 Å².